The van der Waals surface area contributed by atoms with Crippen molar-refractivity contribution in [3.8, 4) is 21.8 Å². The summed E-state index contributed by atoms with van der Waals surface area (Å²) in [6, 6.07) is 10.5. The molecule has 1 amide bonds. The number of aromatic amines is 1. The molecule has 0 unspecified atom stereocenters. The molecule has 1 aliphatic rings. The smallest absolute Gasteiger partial charge is 0.258 e. The van der Waals surface area contributed by atoms with E-state index in [9.17, 15) is 14.3 Å². The second kappa shape index (κ2) is 6.47. The quantitative estimate of drug-likeness (QED) is 0.543. The maximum atomic E-state index is 14.8. The van der Waals surface area contributed by atoms with Crippen molar-refractivity contribution in [2.75, 3.05) is 13.6 Å². The molecule has 1 aromatic carbocycles. The van der Waals surface area contributed by atoms with E-state index in [2.05, 4.69) is 15.0 Å². The molecule has 29 heavy (non-hydrogen) atoms. The standard InChI is InChI=1S/C21H17FN4O2S/c1-26-9-7-21(28,20(26)27)13-5-2-4-12(10-13)16-17(22)29-19(25-16)15-11-24-18-14(15)6-3-8-23-18/h2-6,8,10-11,28H,7,9H2,1H3,(H,23,24)/t21-/m0/s1. The van der Waals surface area contributed by atoms with Gasteiger partial charge in [-0.05, 0) is 23.8 Å². The molecule has 2 N–H and O–H groups in total. The third kappa shape index (κ3) is 2.75. The Bertz CT molecular complexity index is 1250. The largest absolute Gasteiger partial charge is 0.375 e. The van der Waals surface area contributed by atoms with Gasteiger partial charge in [-0.2, -0.15) is 4.39 Å². The molecule has 0 radical (unpaired) electrons. The van der Waals surface area contributed by atoms with Crippen molar-refractivity contribution in [3.05, 3.63) is 59.5 Å². The number of aromatic nitrogens is 3. The van der Waals surface area contributed by atoms with Crippen molar-refractivity contribution in [1.82, 2.24) is 19.9 Å². The van der Waals surface area contributed by atoms with Gasteiger partial charge in [0, 0.05) is 48.9 Å². The summed E-state index contributed by atoms with van der Waals surface area (Å²) in [6.07, 6.45) is 3.76. The maximum Gasteiger partial charge on any atom is 0.258 e. The zero-order chi connectivity index (χ0) is 20.2. The van der Waals surface area contributed by atoms with Gasteiger partial charge in [0.15, 0.2) is 5.60 Å². The number of likely N-dealkylation sites (N-methyl/N-ethyl adjacent to an activating group) is 1. The Morgan fingerprint density at radius 1 is 1.31 bits per heavy atom. The number of rotatable bonds is 3. The van der Waals surface area contributed by atoms with E-state index in [1.807, 2.05) is 12.1 Å². The van der Waals surface area contributed by atoms with Gasteiger partial charge in [0.1, 0.15) is 16.3 Å². The molecule has 0 saturated carbocycles. The minimum Gasteiger partial charge on any atom is -0.375 e. The summed E-state index contributed by atoms with van der Waals surface area (Å²) in [5, 5.41) is 11.9. The molecule has 5 rings (SSSR count). The average molecular weight is 408 g/mol. The van der Waals surface area contributed by atoms with Crippen LogP contribution in [0.2, 0.25) is 0 Å². The van der Waals surface area contributed by atoms with Crippen molar-refractivity contribution in [2.24, 2.45) is 0 Å². The van der Waals surface area contributed by atoms with Crippen LogP contribution in [0, 0.1) is 5.13 Å². The Labute approximate surface area is 169 Å². The molecular formula is C21H17FN4O2S. The summed E-state index contributed by atoms with van der Waals surface area (Å²) in [6.45, 7) is 0.476. The van der Waals surface area contributed by atoms with Crippen LogP contribution in [0.3, 0.4) is 0 Å². The van der Waals surface area contributed by atoms with Crippen molar-refractivity contribution < 1.29 is 14.3 Å². The third-order valence-electron chi connectivity index (χ3n) is 5.39. The fraction of sp³-hybridized carbons (Fsp3) is 0.190. The monoisotopic (exact) mass is 408 g/mol. The van der Waals surface area contributed by atoms with E-state index in [4.69, 9.17) is 0 Å². The van der Waals surface area contributed by atoms with Crippen molar-refractivity contribution >= 4 is 28.3 Å². The molecule has 6 nitrogen and oxygen atoms in total. The predicted molar refractivity (Wildman–Crippen MR) is 109 cm³/mol. The number of thiazole rings is 1. The Morgan fingerprint density at radius 3 is 2.97 bits per heavy atom. The highest BCUT2D eigenvalue weighted by Crippen LogP contribution is 2.38. The van der Waals surface area contributed by atoms with Gasteiger partial charge < -0.3 is 15.0 Å². The van der Waals surface area contributed by atoms with Gasteiger partial charge >= 0.3 is 0 Å². The fourth-order valence-electron chi connectivity index (χ4n) is 3.77. The first kappa shape index (κ1) is 18.0. The number of pyridine rings is 1. The van der Waals surface area contributed by atoms with E-state index < -0.39 is 10.7 Å². The Kier molecular flexibility index (Phi) is 4.01. The molecule has 3 aromatic heterocycles. The van der Waals surface area contributed by atoms with Gasteiger partial charge in [-0.3, -0.25) is 4.79 Å². The first-order valence-electron chi connectivity index (χ1n) is 9.15. The van der Waals surface area contributed by atoms with Crippen molar-refractivity contribution in [2.45, 2.75) is 12.0 Å². The van der Waals surface area contributed by atoms with Crippen LogP contribution in [0.15, 0.2) is 48.8 Å². The lowest BCUT2D eigenvalue weighted by molar-refractivity contribution is -0.143. The molecule has 8 heteroatoms. The molecule has 0 spiro atoms. The number of carbonyl (C=O) groups is 1. The highest BCUT2D eigenvalue weighted by atomic mass is 32.1. The minimum atomic E-state index is -1.58. The molecule has 4 aromatic rings. The molecule has 1 aliphatic heterocycles. The lowest BCUT2D eigenvalue weighted by atomic mass is 9.90. The summed E-state index contributed by atoms with van der Waals surface area (Å²) in [5.41, 5.74) is 1.10. The molecular weight excluding hydrogens is 391 g/mol. The van der Waals surface area contributed by atoms with E-state index in [0.29, 0.717) is 34.7 Å². The van der Waals surface area contributed by atoms with Gasteiger partial charge in [-0.1, -0.05) is 29.5 Å². The lowest BCUT2D eigenvalue weighted by Gasteiger charge is -2.21. The number of likely N-dealkylation sites (tertiary alicyclic amines) is 1. The van der Waals surface area contributed by atoms with Crippen LogP contribution < -0.4 is 0 Å². The summed E-state index contributed by atoms with van der Waals surface area (Å²) in [5.74, 6) is -0.347. The third-order valence-corrected chi connectivity index (χ3v) is 6.27. The zero-order valence-electron chi connectivity index (χ0n) is 15.5. The number of amides is 1. The Hall–Kier alpha value is -3.10. The number of hydrogen-bond acceptors (Lipinski definition) is 5. The number of hydrogen-bond donors (Lipinski definition) is 2. The highest BCUT2D eigenvalue weighted by molar-refractivity contribution is 7.13. The number of halogens is 1. The van der Waals surface area contributed by atoms with E-state index in [0.717, 1.165) is 22.3 Å². The second-order valence-electron chi connectivity index (χ2n) is 7.16. The summed E-state index contributed by atoms with van der Waals surface area (Å²) >= 11 is 0.957. The minimum absolute atomic E-state index is 0.201. The molecule has 146 valence electrons. The molecule has 1 saturated heterocycles. The summed E-state index contributed by atoms with van der Waals surface area (Å²) < 4.78 is 14.8. The molecule has 0 bridgehead atoms. The van der Waals surface area contributed by atoms with E-state index in [1.165, 1.54) is 4.90 Å². The first-order valence-corrected chi connectivity index (χ1v) is 9.97. The van der Waals surface area contributed by atoms with Gasteiger partial charge in [-0.25, -0.2) is 9.97 Å². The van der Waals surface area contributed by atoms with Crippen molar-refractivity contribution in [1.29, 1.82) is 0 Å². The normalized spacial score (nSPS) is 19.4. The van der Waals surface area contributed by atoms with Crippen LogP contribution in [0.1, 0.15) is 12.0 Å². The molecule has 4 heterocycles. The lowest BCUT2D eigenvalue weighted by Crippen LogP contribution is -2.36. The highest BCUT2D eigenvalue weighted by Gasteiger charge is 2.45. The van der Waals surface area contributed by atoms with Gasteiger partial charge in [-0.15, -0.1) is 0 Å². The van der Waals surface area contributed by atoms with E-state index in [-0.39, 0.29) is 11.6 Å². The molecule has 0 aliphatic carbocycles. The van der Waals surface area contributed by atoms with Crippen LogP contribution in [0.5, 0.6) is 0 Å². The van der Waals surface area contributed by atoms with Crippen LogP contribution in [-0.4, -0.2) is 44.5 Å². The fourth-order valence-corrected chi connectivity index (χ4v) is 4.62. The average Bonchev–Trinajstić information content (AvgIpc) is 3.41. The second-order valence-corrected chi connectivity index (χ2v) is 8.11. The van der Waals surface area contributed by atoms with Gasteiger partial charge in [0.2, 0.25) is 5.13 Å². The molecule has 1 fully saturated rings. The van der Waals surface area contributed by atoms with Crippen LogP contribution >= 0.6 is 11.3 Å². The van der Waals surface area contributed by atoms with E-state index in [1.54, 1.807) is 43.7 Å². The maximum absolute atomic E-state index is 14.8. The SMILES string of the molecule is CN1CC[C@](O)(c2cccc(-c3nc(-c4c[nH]c5ncccc45)sc3F)c2)C1=O. The van der Waals surface area contributed by atoms with Crippen LogP contribution in [0.4, 0.5) is 4.39 Å². The van der Waals surface area contributed by atoms with Gasteiger partial charge in [0.05, 0.1) is 0 Å². The number of H-pyrrole nitrogens is 1. The number of aliphatic hydroxyl groups is 1. The van der Waals surface area contributed by atoms with E-state index >= 15 is 0 Å². The topological polar surface area (TPSA) is 82.1 Å². The number of fused-ring (bicyclic) bond motifs is 1. The molecule has 1 atom stereocenters. The van der Waals surface area contributed by atoms with Crippen LogP contribution in [0.25, 0.3) is 32.9 Å². The number of benzene rings is 1. The zero-order valence-corrected chi connectivity index (χ0v) is 16.3. The summed E-state index contributed by atoms with van der Waals surface area (Å²) in [7, 11) is 1.66. The first-order chi connectivity index (χ1) is 14.0. The number of nitrogens with zero attached hydrogens (tertiary/aromatic N) is 3. The number of carbonyl (C=O) groups excluding carboxylic acids is 1. The summed E-state index contributed by atoms with van der Waals surface area (Å²) in [4.78, 5) is 25.7. The number of nitrogens with one attached hydrogen (secondary N) is 1. The van der Waals surface area contributed by atoms with Gasteiger partial charge in [0.25, 0.3) is 5.91 Å². The van der Waals surface area contributed by atoms with Crippen molar-refractivity contribution in [3.63, 3.8) is 0 Å². The Morgan fingerprint density at radius 2 is 2.17 bits per heavy atom. The predicted octanol–water partition coefficient (Wildman–Crippen LogP) is 3.54. The van der Waals surface area contributed by atoms with Crippen LogP contribution in [-0.2, 0) is 10.4 Å². The Balaban J connectivity index is 1.57.